The van der Waals surface area contributed by atoms with Gasteiger partial charge in [-0.2, -0.15) is 0 Å². The van der Waals surface area contributed by atoms with Gasteiger partial charge in [-0.1, -0.05) is 11.8 Å². The van der Waals surface area contributed by atoms with Crippen LogP contribution >= 0.6 is 11.8 Å². The van der Waals surface area contributed by atoms with E-state index in [9.17, 15) is 9.18 Å². The molecule has 4 nitrogen and oxygen atoms in total. The van der Waals surface area contributed by atoms with Crippen LogP contribution in [0.5, 0.6) is 0 Å². The summed E-state index contributed by atoms with van der Waals surface area (Å²) in [5, 5.41) is 8.54. The minimum absolute atomic E-state index is 0.119. The molecule has 0 saturated carbocycles. The van der Waals surface area contributed by atoms with Gasteiger partial charge in [0.05, 0.1) is 18.1 Å². The number of halogens is 1. The maximum Gasteiger partial charge on any atom is 0.313 e. The summed E-state index contributed by atoms with van der Waals surface area (Å²) < 4.78 is 12.2. The van der Waals surface area contributed by atoms with Gasteiger partial charge in [0, 0.05) is 0 Å². The fraction of sp³-hybridized carbons (Fsp3) is 0.167. The third-order valence-electron chi connectivity index (χ3n) is 0.921. The molecule has 0 saturated heterocycles. The van der Waals surface area contributed by atoms with Crippen LogP contribution in [0.15, 0.2) is 17.6 Å². The number of nitrogens with zero attached hydrogens (tertiary/aromatic N) is 2. The normalized spacial score (nSPS) is 9.75. The Labute approximate surface area is 71.8 Å². The van der Waals surface area contributed by atoms with Gasteiger partial charge in [-0.25, -0.2) is 14.4 Å². The standard InChI is InChI=1S/C6H5FN2O2S/c7-4-1-8-6(9-2-4)12-3-5(10)11/h1-2H,3H2,(H,10,11). The van der Waals surface area contributed by atoms with Gasteiger partial charge in [-0.15, -0.1) is 0 Å². The minimum atomic E-state index is -0.951. The Kier molecular flexibility index (Phi) is 2.98. The molecule has 0 amide bonds. The van der Waals surface area contributed by atoms with Gasteiger partial charge < -0.3 is 5.11 Å². The molecule has 64 valence electrons. The molecule has 12 heavy (non-hydrogen) atoms. The van der Waals surface area contributed by atoms with Crippen molar-refractivity contribution in [2.45, 2.75) is 5.16 Å². The van der Waals surface area contributed by atoms with Crippen molar-refractivity contribution < 1.29 is 14.3 Å². The predicted octanol–water partition coefficient (Wildman–Crippen LogP) is 0.792. The van der Waals surface area contributed by atoms with Gasteiger partial charge >= 0.3 is 5.97 Å². The maximum atomic E-state index is 12.2. The summed E-state index contributed by atoms with van der Waals surface area (Å²) in [6.45, 7) is 0. The fourth-order valence-electron chi connectivity index (χ4n) is 0.501. The number of hydrogen-bond acceptors (Lipinski definition) is 4. The van der Waals surface area contributed by atoms with Crippen LogP contribution in [0.25, 0.3) is 0 Å². The predicted molar refractivity (Wildman–Crippen MR) is 40.3 cm³/mol. The van der Waals surface area contributed by atoms with E-state index in [-0.39, 0.29) is 10.9 Å². The summed E-state index contributed by atoms with van der Waals surface area (Å²) in [5.41, 5.74) is 0. The lowest BCUT2D eigenvalue weighted by atomic mass is 10.7. The van der Waals surface area contributed by atoms with Crippen molar-refractivity contribution in [1.82, 2.24) is 9.97 Å². The second kappa shape index (κ2) is 4.01. The van der Waals surface area contributed by atoms with Crippen molar-refractivity contribution in [3.8, 4) is 0 Å². The molecule has 0 aliphatic heterocycles. The molecule has 1 aromatic heterocycles. The molecule has 0 atom stereocenters. The summed E-state index contributed by atoms with van der Waals surface area (Å²) in [6, 6.07) is 0. The Bertz CT molecular complexity index is 277. The van der Waals surface area contributed by atoms with Crippen molar-refractivity contribution in [2.75, 3.05) is 5.75 Å². The van der Waals surface area contributed by atoms with Crippen molar-refractivity contribution in [2.24, 2.45) is 0 Å². The van der Waals surface area contributed by atoms with Crippen LogP contribution in [0, 0.1) is 5.82 Å². The molecule has 1 N–H and O–H groups in total. The molecule has 0 aliphatic carbocycles. The Morgan fingerprint density at radius 2 is 2.17 bits per heavy atom. The van der Waals surface area contributed by atoms with Crippen molar-refractivity contribution in [3.05, 3.63) is 18.2 Å². The molecule has 0 radical (unpaired) electrons. The molecule has 0 spiro atoms. The topological polar surface area (TPSA) is 63.1 Å². The summed E-state index contributed by atoms with van der Waals surface area (Å²) in [7, 11) is 0. The Balaban J connectivity index is 2.53. The summed E-state index contributed by atoms with van der Waals surface area (Å²) in [6.07, 6.45) is 1.99. The largest absolute Gasteiger partial charge is 0.481 e. The second-order valence-corrected chi connectivity index (χ2v) is 2.81. The molecule has 0 unspecified atom stereocenters. The molecular weight excluding hydrogens is 183 g/mol. The van der Waals surface area contributed by atoms with E-state index in [1.54, 1.807) is 0 Å². The zero-order chi connectivity index (χ0) is 8.97. The van der Waals surface area contributed by atoms with Gasteiger partial charge in [-0.05, 0) is 0 Å². The van der Waals surface area contributed by atoms with E-state index in [4.69, 9.17) is 5.11 Å². The van der Waals surface area contributed by atoms with E-state index >= 15 is 0 Å². The quantitative estimate of drug-likeness (QED) is 0.561. The van der Waals surface area contributed by atoms with Crippen LogP contribution < -0.4 is 0 Å². The van der Waals surface area contributed by atoms with Crippen LogP contribution in [0.3, 0.4) is 0 Å². The van der Waals surface area contributed by atoms with Gasteiger partial charge in [0.25, 0.3) is 0 Å². The van der Waals surface area contributed by atoms with Crippen molar-refractivity contribution in [1.29, 1.82) is 0 Å². The van der Waals surface area contributed by atoms with E-state index < -0.39 is 11.8 Å². The highest BCUT2D eigenvalue weighted by molar-refractivity contribution is 7.99. The number of carbonyl (C=O) groups is 1. The molecule has 0 bridgehead atoms. The lowest BCUT2D eigenvalue weighted by Crippen LogP contribution is -1.99. The van der Waals surface area contributed by atoms with Gasteiger partial charge in [-0.3, -0.25) is 4.79 Å². The zero-order valence-corrected chi connectivity index (χ0v) is 6.71. The summed E-state index contributed by atoms with van der Waals surface area (Å²) >= 11 is 0.949. The smallest absolute Gasteiger partial charge is 0.313 e. The first-order valence-electron chi connectivity index (χ1n) is 3.00. The average Bonchev–Trinajstić information content (AvgIpc) is 2.03. The van der Waals surface area contributed by atoms with Crippen molar-refractivity contribution in [3.63, 3.8) is 0 Å². The van der Waals surface area contributed by atoms with Crippen LogP contribution in [0.2, 0.25) is 0 Å². The number of aromatic nitrogens is 2. The van der Waals surface area contributed by atoms with E-state index in [0.29, 0.717) is 0 Å². The van der Waals surface area contributed by atoms with E-state index in [0.717, 1.165) is 24.2 Å². The second-order valence-electron chi connectivity index (χ2n) is 1.87. The first kappa shape index (κ1) is 8.92. The summed E-state index contributed by atoms with van der Waals surface area (Å²) in [5.74, 6) is -1.60. The first-order chi connectivity index (χ1) is 5.68. The highest BCUT2D eigenvalue weighted by Gasteiger charge is 2.01. The molecule has 0 aromatic carbocycles. The minimum Gasteiger partial charge on any atom is -0.481 e. The van der Waals surface area contributed by atoms with Crippen LogP contribution in [0.4, 0.5) is 4.39 Å². The summed E-state index contributed by atoms with van der Waals surface area (Å²) in [4.78, 5) is 17.2. The third-order valence-corrected chi connectivity index (χ3v) is 1.78. The van der Waals surface area contributed by atoms with Gasteiger partial charge in [0.2, 0.25) is 0 Å². The van der Waals surface area contributed by atoms with Gasteiger partial charge in [0.1, 0.15) is 0 Å². The average molecular weight is 188 g/mol. The molecular formula is C6H5FN2O2S. The number of rotatable bonds is 3. The van der Waals surface area contributed by atoms with E-state index in [1.165, 1.54) is 0 Å². The molecule has 0 aliphatic rings. The number of aliphatic carboxylic acids is 1. The Morgan fingerprint density at radius 1 is 1.58 bits per heavy atom. The number of hydrogen-bond donors (Lipinski definition) is 1. The number of thioether (sulfide) groups is 1. The SMILES string of the molecule is O=C(O)CSc1ncc(F)cn1. The monoisotopic (exact) mass is 188 g/mol. The zero-order valence-electron chi connectivity index (χ0n) is 5.90. The van der Waals surface area contributed by atoms with E-state index in [2.05, 4.69) is 9.97 Å². The first-order valence-corrected chi connectivity index (χ1v) is 3.99. The molecule has 1 heterocycles. The van der Waals surface area contributed by atoms with Gasteiger partial charge in [0.15, 0.2) is 11.0 Å². The van der Waals surface area contributed by atoms with Crippen LogP contribution in [-0.4, -0.2) is 26.8 Å². The molecule has 6 heteroatoms. The highest BCUT2D eigenvalue weighted by atomic mass is 32.2. The fourth-order valence-corrected chi connectivity index (χ4v) is 1.01. The molecule has 1 aromatic rings. The number of carboxylic acid groups (broad SMARTS) is 1. The van der Waals surface area contributed by atoms with Crippen molar-refractivity contribution >= 4 is 17.7 Å². The lowest BCUT2D eigenvalue weighted by molar-refractivity contribution is -0.133. The van der Waals surface area contributed by atoms with Crippen LogP contribution in [0.1, 0.15) is 0 Å². The van der Waals surface area contributed by atoms with E-state index in [1.807, 2.05) is 0 Å². The highest BCUT2D eigenvalue weighted by Crippen LogP contribution is 2.10. The third kappa shape index (κ3) is 2.83. The number of carboxylic acids is 1. The molecule has 0 fully saturated rings. The lowest BCUT2D eigenvalue weighted by Gasteiger charge is -1.94. The Morgan fingerprint density at radius 3 is 2.67 bits per heavy atom. The van der Waals surface area contributed by atoms with Crippen LogP contribution in [-0.2, 0) is 4.79 Å². The maximum absolute atomic E-state index is 12.2. The Hall–Kier alpha value is -1.17. The molecule has 1 rings (SSSR count).